The first-order valence-corrected chi connectivity index (χ1v) is 10.1. The molecule has 0 radical (unpaired) electrons. The van der Waals surface area contributed by atoms with Crippen LogP contribution in [0.4, 0.5) is 0 Å². The molecular weight excluding hydrogens is 344 g/mol. The lowest BCUT2D eigenvalue weighted by atomic mass is 10.0. The van der Waals surface area contributed by atoms with E-state index in [4.69, 9.17) is 5.73 Å². The summed E-state index contributed by atoms with van der Waals surface area (Å²) in [7, 11) is 0. The Kier molecular flexibility index (Phi) is 4.16. The largest absolute Gasteiger partial charge is 0.366 e. The lowest BCUT2D eigenvalue weighted by Gasteiger charge is -2.14. The molecule has 3 nitrogen and oxygen atoms in total. The molecule has 5 rings (SSSR count). The van der Waals surface area contributed by atoms with Crippen molar-refractivity contribution >= 4 is 27.7 Å². The normalized spacial score (nSPS) is 14.9. The van der Waals surface area contributed by atoms with Crippen molar-refractivity contribution in [3.8, 4) is 11.1 Å². The molecule has 0 saturated heterocycles. The van der Waals surface area contributed by atoms with Crippen molar-refractivity contribution in [1.82, 2.24) is 4.57 Å². The molecular formula is C25H24N2O. The van der Waals surface area contributed by atoms with Gasteiger partial charge in [0.05, 0.1) is 0 Å². The van der Waals surface area contributed by atoms with E-state index in [9.17, 15) is 4.79 Å². The first-order valence-electron chi connectivity index (χ1n) is 10.1. The zero-order valence-electron chi connectivity index (χ0n) is 15.9. The zero-order chi connectivity index (χ0) is 19.1. The Balaban J connectivity index is 1.78. The van der Waals surface area contributed by atoms with Gasteiger partial charge in [-0.2, -0.15) is 0 Å². The maximum Gasteiger partial charge on any atom is 0.249 e. The van der Waals surface area contributed by atoms with Crippen molar-refractivity contribution in [1.29, 1.82) is 0 Å². The van der Waals surface area contributed by atoms with Crippen molar-refractivity contribution in [3.05, 3.63) is 72.3 Å². The van der Waals surface area contributed by atoms with Gasteiger partial charge >= 0.3 is 0 Å². The summed E-state index contributed by atoms with van der Waals surface area (Å²) in [5, 5.41) is 2.10. The van der Waals surface area contributed by atoms with Crippen molar-refractivity contribution in [2.75, 3.05) is 0 Å². The van der Waals surface area contributed by atoms with Crippen LogP contribution in [0.5, 0.6) is 0 Å². The van der Waals surface area contributed by atoms with E-state index in [1.165, 1.54) is 42.3 Å². The Hall–Kier alpha value is -3.07. The molecule has 0 unspecified atom stereocenters. The molecule has 3 heteroatoms. The second-order valence-corrected chi connectivity index (χ2v) is 7.92. The fraction of sp³-hybridized carbons (Fsp3) is 0.240. The van der Waals surface area contributed by atoms with E-state index in [0.29, 0.717) is 11.5 Å². The summed E-state index contributed by atoms with van der Waals surface area (Å²) in [6.07, 6.45) is 5.22. The van der Waals surface area contributed by atoms with Gasteiger partial charge in [0.25, 0.3) is 0 Å². The predicted octanol–water partition coefficient (Wildman–Crippen LogP) is 5.75. The van der Waals surface area contributed by atoms with Gasteiger partial charge in [-0.25, -0.2) is 0 Å². The van der Waals surface area contributed by atoms with Gasteiger partial charge in [-0.1, -0.05) is 61.4 Å². The van der Waals surface area contributed by atoms with Crippen LogP contribution >= 0.6 is 0 Å². The highest BCUT2D eigenvalue weighted by atomic mass is 16.1. The number of hydrogen-bond donors (Lipinski definition) is 1. The number of nitrogens with zero attached hydrogens (tertiary/aromatic N) is 1. The number of rotatable bonds is 4. The molecule has 3 aromatic carbocycles. The highest BCUT2D eigenvalue weighted by Gasteiger charge is 2.21. The Bertz CT molecular complexity index is 1170. The molecule has 4 aromatic rings. The molecule has 2 N–H and O–H groups in total. The van der Waals surface area contributed by atoms with E-state index < -0.39 is 0 Å². The molecule has 0 bridgehead atoms. The molecule has 1 saturated carbocycles. The summed E-state index contributed by atoms with van der Waals surface area (Å²) in [4.78, 5) is 12.1. The molecule has 1 fully saturated rings. The van der Waals surface area contributed by atoms with E-state index in [2.05, 4.69) is 53.1 Å². The van der Waals surface area contributed by atoms with Crippen molar-refractivity contribution < 1.29 is 4.79 Å². The van der Waals surface area contributed by atoms with Crippen molar-refractivity contribution in [3.63, 3.8) is 0 Å². The van der Waals surface area contributed by atoms with Crippen molar-refractivity contribution in [2.45, 2.75) is 32.2 Å². The van der Waals surface area contributed by atoms with Crippen LogP contribution in [0.1, 0.15) is 36.0 Å². The minimum Gasteiger partial charge on any atom is -0.366 e. The van der Waals surface area contributed by atoms with Gasteiger partial charge in [0, 0.05) is 33.9 Å². The highest BCUT2D eigenvalue weighted by Crippen LogP contribution is 2.36. The monoisotopic (exact) mass is 368 g/mol. The number of nitrogens with two attached hydrogens (primary N) is 1. The van der Waals surface area contributed by atoms with Crippen LogP contribution in [0.25, 0.3) is 32.9 Å². The number of fused-ring (bicyclic) bond motifs is 3. The van der Waals surface area contributed by atoms with E-state index >= 15 is 0 Å². The maximum atomic E-state index is 12.1. The van der Waals surface area contributed by atoms with E-state index in [0.717, 1.165) is 22.8 Å². The number of benzene rings is 3. The fourth-order valence-corrected chi connectivity index (χ4v) is 4.81. The standard InChI is InChI=1S/C25H24N2O/c26-25(28)21-11-6-12-22-24(21)20-14-13-19(18-9-2-1-3-10-18)15-23(20)27(22)16-17-7-4-5-8-17/h1-3,6,9-15,17H,4-5,7-8,16H2,(H2,26,28). The number of carbonyl (C=O) groups is 1. The Labute approximate surface area is 164 Å². The van der Waals surface area contributed by atoms with Gasteiger partial charge in [0.1, 0.15) is 0 Å². The van der Waals surface area contributed by atoms with Gasteiger partial charge in [0.15, 0.2) is 0 Å². The molecule has 1 aliphatic rings. The number of carbonyl (C=O) groups excluding carboxylic acids is 1. The summed E-state index contributed by atoms with van der Waals surface area (Å²) < 4.78 is 2.42. The average molecular weight is 368 g/mol. The maximum absolute atomic E-state index is 12.1. The van der Waals surface area contributed by atoms with Crippen LogP contribution in [0.2, 0.25) is 0 Å². The number of hydrogen-bond acceptors (Lipinski definition) is 1. The third-order valence-corrected chi connectivity index (χ3v) is 6.18. The molecule has 0 aliphatic heterocycles. The number of aromatic nitrogens is 1. The van der Waals surface area contributed by atoms with Crippen LogP contribution in [0.3, 0.4) is 0 Å². The fourth-order valence-electron chi connectivity index (χ4n) is 4.81. The summed E-state index contributed by atoms with van der Waals surface area (Å²) in [5.74, 6) is 0.342. The molecule has 1 heterocycles. The van der Waals surface area contributed by atoms with Gasteiger partial charge in [0.2, 0.25) is 5.91 Å². The minimum absolute atomic E-state index is 0.363. The van der Waals surface area contributed by atoms with E-state index in [1.807, 2.05) is 18.2 Å². The molecule has 1 amide bonds. The third-order valence-electron chi connectivity index (χ3n) is 6.18. The third kappa shape index (κ3) is 2.78. The van der Waals surface area contributed by atoms with Gasteiger partial charge in [-0.15, -0.1) is 0 Å². The molecule has 28 heavy (non-hydrogen) atoms. The molecule has 0 spiro atoms. The molecule has 0 atom stereocenters. The van der Waals surface area contributed by atoms with Crippen LogP contribution < -0.4 is 5.73 Å². The van der Waals surface area contributed by atoms with Crippen LogP contribution in [0, 0.1) is 5.92 Å². The van der Waals surface area contributed by atoms with E-state index in [1.54, 1.807) is 0 Å². The lowest BCUT2D eigenvalue weighted by molar-refractivity contribution is 0.100. The Morgan fingerprint density at radius 2 is 1.68 bits per heavy atom. The van der Waals surface area contributed by atoms with E-state index in [-0.39, 0.29) is 5.91 Å². The van der Waals surface area contributed by atoms with Gasteiger partial charge < -0.3 is 10.3 Å². The lowest BCUT2D eigenvalue weighted by Crippen LogP contribution is -2.11. The second-order valence-electron chi connectivity index (χ2n) is 7.92. The SMILES string of the molecule is NC(=O)c1cccc2c1c1ccc(-c3ccccc3)cc1n2CC1CCCC1. The Morgan fingerprint density at radius 3 is 2.43 bits per heavy atom. The average Bonchev–Trinajstić information content (AvgIpc) is 3.35. The number of amides is 1. The van der Waals surface area contributed by atoms with Crippen molar-refractivity contribution in [2.24, 2.45) is 11.7 Å². The summed E-state index contributed by atoms with van der Waals surface area (Å²) in [6, 6.07) is 22.9. The van der Waals surface area contributed by atoms with Gasteiger partial charge in [-0.05, 0) is 48.1 Å². The number of primary amides is 1. The first kappa shape index (κ1) is 17.1. The quantitative estimate of drug-likeness (QED) is 0.490. The molecule has 1 aliphatic carbocycles. The Morgan fingerprint density at radius 1 is 0.893 bits per heavy atom. The van der Waals surface area contributed by atoms with Crippen LogP contribution in [0.15, 0.2) is 66.7 Å². The zero-order valence-corrected chi connectivity index (χ0v) is 15.9. The van der Waals surface area contributed by atoms with Crippen LogP contribution in [-0.2, 0) is 6.54 Å². The summed E-state index contributed by atoms with van der Waals surface area (Å²) >= 11 is 0. The highest BCUT2D eigenvalue weighted by molar-refractivity contribution is 6.18. The smallest absolute Gasteiger partial charge is 0.249 e. The molecule has 140 valence electrons. The van der Waals surface area contributed by atoms with Gasteiger partial charge in [-0.3, -0.25) is 4.79 Å². The van der Waals surface area contributed by atoms with Crippen LogP contribution in [-0.4, -0.2) is 10.5 Å². The second kappa shape index (κ2) is 6.83. The summed E-state index contributed by atoms with van der Waals surface area (Å²) in [5.41, 5.74) is 11.0. The first-order chi connectivity index (χ1) is 13.7. The topological polar surface area (TPSA) is 48.0 Å². The summed E-state index contributed by atoms with van der Waals surface area (Å²) in [6.45, 7) is 1.00. The minimum atomic E-state index is -0.363. The predicted molar refractivity (Wildman–Crippen MR) is 115 cm³/mol. The molecule has 1 aromatic heterocycles.